The Labute approximate surface area is 83.5 Å². The van der Waals surface area contributed by atoms with E-state index in [1.165, 1.54) is 11.8 Å². The molecule has 0 amide bonds. The predicted molar refractivity (Wildman–Crippen MR) is 36.3 cm³/mol. The van der Waals surface area contributed by atoms with E-state index < -0.39 is 0 Å². The van der Waals surface area contributed by atoms with Gasteiger partial charge in [0.05, 0.1) is 6.61 Å². The first-order valence-electron chi connectivity index (χ1n) is 2.60. The molecular formula is C5H11NaO2S. The van der Waals surface area contributed by atoms with Crippen molar-refractivity contribution in [1.29, 1.82) is 0 Å². The maximum Gasteiger partial charge on any atom is 1.00 e. The van der Waals surface area contributed by atoms with Crippen molar-refractivity contribution in [2.75, 3.05) is 12.4 Å². The molecule has 0 aromatic carbocycles. The van der Waals surface area contributed by atoms with Gasteiger partial charge >= 0.3 is 34.9 Å². The summed E-state index contributed by atoms with van der Waals surface area (Å²) in [6.07, 6.45) is 0. The van der Waals surface area contributed by atoms with Gasteiger partial charge in [0.25, 0.3) is 0 Å². The van der Waals surface area contributed by atoms with Gasteiger partial charge in [-0.2, -0.15) is 0 Å². The van der Waals surface area contributed by atoms with Crippen LogP contribution in [0.2, 0.25) is 0 Å². The number of carbonyl (C=O) groups excluding carboxylic acids is 1. The first-order valence-corrected chi connectivity index (χ1v) is 3.59. The van der Waals surface area contributed by atoms with Gasteiger partial charge in [-0.1, -0.05) is 6.92 Å². The van der Waals surface area contributed by atoms with E-state index in [0.717, 1.165) is 5.75 Å². The molecule has 0 bridgehead atoms. The van der Waals surface area contributed by atoms with Crippen molar-refractivity contribution in [2.45, 2.75) is 13.8 Å². The Kier molecular flexibility index (Phi) is 12.2. The molecule has 0 spiro atoms. The molecule has 9 heavy (non-hydrogen) atoms. The molecule has 0 atom stereocenters. The van der Waals surface area contributed by atoms with Gasteiger partial charge in [0.1, 0.15) is 0 Å². The number of thioether (sulfide) groups is 1. The van der Waals surface area contributed by atoms with Crippen LogP contribution in [0.15, 0.2) is 0 Å². The summed E-state index contributed by atoms with van der Waals surface area (Å²) in [5.74, 6) is 0.791. The monoisotopic (exact) mass is 158 g/mol. The second-order valence-electron chi connectivity index (χ2n) is 1.12. The molecule has 0 rings (SSSR count). The Bertz CT molecular complexity index is 74.0. The fourth-order valence-electron chi connectivity index (χ4n) is 0.277. The molecule has 0 aromatic heterocycles. The van der Waals surface area contributed by atoms with Crippen molar-refractivity contribution in [3.8, 4) is 0 Å². The van der Waals surface area contributed by atoms with Gasteiger partial charge in [0, 0.05) is 5.75 Å². The number of hydrogen-bond acceptors (Lipinski definition) is 3. The molecule has 50 valence electrons. The fourth-order valence-corrected chi connectivity index (χ4v) is 0.714. The first kappa shape index (κ1) is 12.5. The summed E-state index contributed by atoms with van der Waals surface area (Å²) >= 11 is 1.19. The molecule has 0 aliphatic heterocycles. The fraction of sp³-hybridized carbons (Fsp3) is 0.800. The maximum absolute atomic E-state index is 10.4. The van der Waals surface area contributed by atoms with Gasteiger partial charge in [-0.15, -0.1) is 0 Å². The van der Waals surface area contributed by atoms with Crippen molar-refractivity contribution in [1.82, 2.24) is 0 Å². The third-order valence-electron chi connectivity index (χ3n) is 0.524. The molecule has 0 radical (unpaired) electrons. The van der Waals surface area contributed by atoms with Crippen LogP contribution in [0.5, 0.6) is 0 Å². The number of ether oxygens (including phenoxy) is 1. The van der Waals surface area contributed by atoms with E-state index in [2.05, 4.69) is 4.74 Å². The maximum atomic E-state index is 10.4. The molecule has 4 heteroatoms. The predicted octanol–water partition coefficient (Wildman–Crippen LogP) is -0.988. The number of rotatable bonds is 2. The van der Waals surface area contributed by atoms with Crippen LogP contribution in [-0.4, -0.2) is 17.7 Å². The molecule has 0 aliphatic rings. The minimum Gasteiger partial charge on any atom is -1.00 e. The summed E-state index contributed by atoms with van der Waals surface area (Å²) < 4.78 is 4.61. The van der Waals surface area contributed by atoms with Crippen molar-refractivity contribution < 1.29 is 40.5 Å². The van der Waals surface area contributed by atoms with Crippen molar-refractivity contribution in [2.24, 2.45) is 0 Å². The van der Waals surface area contributed by atoms with Crippen LogP contribution in [0, 0.1) is 0 Å². The Balaban J connectivity index is -0.000000245. The second-order valence-corrected chi connectivity index (χ2v) is 2.32. The van der Waals surface area contributed by atoms with Gasteiger partial charge in [-0.25, -0.2) is 4.79 Å². The Morgan fingerprint density at radius 3 is 2.56 bits per heavy atom. The molecular weight excluding hydrogens is 147 g/mol. The average Bonchev–Trinajstić information content (AvgIpc) is 1.68. The second kappa shape index (κ2) is 8.82. The Morgan fingerprint density at radius 2 is 2.22 bits per heavy atom. The van der Waals surface area contributed by atoms with Crippen LogP contribution >= 0.6 is 11.8 Å². The smallest absolute Gasteiger partial charge is 1.00 e. The van der Waals surface area contributed by atoms with E-state index in [4.69, 9.17) is 0 Å². The van der Waals surface area contributed by atoms with Crippen LogP contribution < -0.4 is 29.6 Å². The van der Waals surface area contributed by atoms with Crippen LogP contribution in [0.4, 0.5) is 4.79 Å². The van der Waals surface area contributed by atoms with Crippen LogP contribution in [-0.2, 0) is 4.74 Å². The van der Waals surface area contributed by atoms with E-state index in [9.17, 15) is 4.79 Å². The van der Waals surface area contributed by atoms with E-state index in [0.29, 0.717) is 6.61 Å². The molecule has 0 aliphatic carbocycles. The number of hydrogen-bond donors (Lipinski definition) is 0. The normalized spacial score (nSPS) is 7.78. The third-order valence-corrected chi connectivity index (χ3v) is 1.17. The number of carbonyl (C=O) groups is 1. The Hall–Kier alpha value is 0.820. The molecule has 0 heterocycles. The van der Waals surface area contributed by atoms with Gasteiger partial charge in [0.15, 0.2) is 0 Å². The van der Waals surface area contributed by atoms with Crippen LogP contribution in [0.1, 0.15) is 15.3 Å². The Morgan fingerprint density at radius 1 is 1.67 bits per heavy atom. The molecule has 0 saturated heterocycles. The van der Waals surface area contributed by atoms with Crippen molar-refractivity contribution in [3.63, 3.8) is 0 Å². The zero-order valence-electron chi connectivity index (χ0n) is 7.14. The summed E-state index contributed by atoms with van der Waals surface area (Å²) in [5, 5.41) is -0.171. The van der Waals surface area contributed by atoms with E-state index >= 15 is 0 Å². The van der Waals surface area contributed by atoms with E-state index in [-0.39, 0.29) is 36.3 Å². The zero-order chi connectivity index (χ0) is 6.41. The van der Waals surface area contributed by atoms with E-state index in [1.54, 1.807) is 6.92 Å². The minimum absolute atomic E-state index is 0. The summed E-state index contributed by atoms with van der Waals surface area (Å²) in [4.78, 5) is 10.4. The van der Waals surface area contributed by atoms with Crippen LogP contribution in [0.25, 0.3) is 0 Å². The molecule has 0 saturated carbocycles. The minimum atomic E-state index is -0.171. The standard InChI is InChI=1S/C5H10O2S.Na.H/c1-3-7-5(6)8-4-2;;/h3-4H2,1-2H3;;/q;+1;-1. The molecule has 0 N–H and O–H groups in total. The topological polar surface area (TPSA) is 26.3 Å². The van der Waals surface area contributed by atoms with E-state index in [1.807, 2.05) is 6.92 Å². The van der Waals surface area contributed by atoms with Gasteiger partial charge in [-0.3, -0.25) is 0 Å². The summed E-state index contributed by atoms with van der Waals surface area (Å²) in [5.41, 5.74) is 0. The van der Waals surface area contributed by atoms with Crippen molar-refractivity contribution in [3.05, 3.63) is 0 Å². The average molecular weight is 158 g/mol. The molecule has 0 aromatic rings. The molecule has 2 nitrogen and oxygen atoms in total. The van der Waals surface area contributed by atoms with Crippen molar-refractivity contribution >= 4 is 17.1 Å². The SMILES string of the molecule is CCOC(=O)SCC.[H-].[Na+]. The zero-order valence-corrected chi connectivity index (χ0v) is 8.96. The third kappa shape index (κ3) is 8.82. The van der Waals surface area contributed by atoms with Gasteiger partial charge in [0.2, 0.25) is 0 Å². The molecule has 0 fully saturated rings. The largest absolute Gasteiger partial charge is 1.00 e. The quantitative estimate of drug-likeness (QED) is 0.381. The summed E-state index contributed by atoms with van der Waals surface area (Å²) in [6, 6.07) is 0. The molecule has 0 unspecified atom stereocenters. The van der Waals surface area contributed by atoms with Gasteiger partial charge in [-0.05, 0) is 18.7 Å². The summed E-state index contributed by atoms with van der Waals surface area (Å²) in [6.45, 7) is 4.20. The first-order chi connectivity index (χ1) is 3.81. The van der Waals surface area contributed by atoms with Crippen LogP contribution in [0.3, 0.4) is 0 Å². The van der Waals surface area contributed by atoms with Gasteiger partial charge < -0.3 is 6.16 Å². The summed E-state index contributed by atoms with van der Waals surface area (Å²) in [7, 11) is 0.